The molecule has 2 aromatic carbocycles. The van der Waals surface area contributed by atoms with Crippen molar-refractivity contribution in [1.82, 2.24) is 21.0 Å². The van der Waals surface area contributed by atoms with Gasteiger partial charge >= 0.3 is 0 Å². The van der Waals surface area contributed by atoms with Gasteiger partial charge in [0.2, 0.25) is 0 Å². The first-order chi connectivity index (χ1) is 13.1. The lowest BCUT2D eigenvalue weighted by Gasteiger charge is -2.11. The zero-order valence-corrected chi connectivity index (χ0v) is 15.6. The van der Waals surface area contributed by atoms with E-state index in [-0.39, 0.29) is 5.91 Å². The lowest BCUT2D eigenvalue weighted by Crippen LogP contribution is -2.36. The number of fused-ring (bicyclic) bond motifs is 1. The second kappa shape index (κ2) is 7.09. The second-order valence-electron chi connectivity index (χ2n) is 6.20. The van der Waals surface area contributed by atoms with E-state index in [4.69, 9.17) is 0 Å². The summed E-state index contributed by atoms with van der Waals surface area (Å²) < 4.78 is 0. The summed E-state index contributed by atoms with van der Waals surface area (Å²) in [5.41, 5.74) is 8.18. The third-order valence-electron chi connectivity index (χ3n) is 4.24. The summed E-state index contributed by atoms with van der Waals surface area (Å²) >= 11 is 1.65. The summed E-state index contributed by atoms with van der Waals surface area (Å²) in [7, 11) is 0. The number of aryl methyl sites for hydroxylation is 1. The summed E-state index contributed by atoms with van der Waals surface area (Å²) in [4.78, 5) is 14.6. The number of H-pyrrole nitrogens is 1. The molecule has 0 aliphatic carbocycles. The molecule has 0 saturated heterocycles. The van der Waals surface area contributed by atoms with Crippen LogP contribution in [0.3, 0.4) is 0 Å². The molecule has 134 valence electrons. The van der Waals surface area contributed by atoms with Gasteiger partial charge in [0.15, 0.2) is 5.69 Å². The van der Waals surface area contributed by atoms with E-state index >= 15 is 0 Å². The molecular weight excluding hydrogens is 356 g/mol. The van der Waals surface area contributed by atoms with Crippen LogP contribution in [-0.2, 0) is 0 Å². The lowest BCUT2D eigenvalue weighted by atomic mass is 10.1. The van der Waals surface area contributed by atoms with Gasteiger partial charge in [-0.25, -0.2) is 0 Å². The highest BCUT2D eigenvalue weighted by Crippen LogP contribution is 2.26. The van der Waals surface area contributed by atoms with Crippen LogP contribution in [0.25, 0.3) is 27.0 Å². The van der Waals surface area contributed by atoms with Crippen LogP contribution in [-0.4, -0.2) is 16.1 Å². The van der Waals surface area contributed by atoms with E-state index in [2.05, 4.69) is 33.7 Å². The second-order valence-corrected chi connectivity index (χ2v) is 7.48. The van der Waals surface area contributed by atoms with Gasteiger partial charge in [-0.05, 0) is 47.5 Å². The summed E-state index contributed by atoms with van der Waals surface area (Å²) in [6.45, 7) is 6.04. The molecule has 2 heterocycles. The molecule has 3 N–H and O–H groups in total. The molecule has 4 rings (SSSR count). The molecule has 6 heteroatoms. The average Bonchev–Trinajstić information content (AvgIpc) is 3.34. The number of nitrogens with zero attached hydrogens (tertiary/aromatic N) is 1. The number of thiophene rings is 1. The molecule has 0 aliphatic heterocycles. The van der Waals surface area contributed by atoms with E-state index < -0.39 is 0 Å². The molecule has 5 nitrogen and oxygen atoms in total. The molecule has 0 aliphatic rings. The zero-order chi connectivity index (χ0) is 18.8. The fourth-order valence-corrected chi connectivity index (χ4v) is 3.62. The summed E-state index contributed by atoms with van der Waals surface area (Å²) in [6, 6.07) is 19.9. The number of hydrazine groups is 1. The maximum absolute atomic E-state index is 12.3. The van der Waals surface area contributed by atoms with Gasteiger partial charge in [0, 0.05) is 4.88 Å². The first-order valence-corrected chi connectivity index (χ1v) is 9.28. The molecule has 0 saturated carbocycles. The number of hydrogen-bond donors (Lipinski definition) is 3. The van der Waals surface area contributed by atoms with Crippen molar-refractivity contribution in [2.45, 2.75) is 6.92 Å². The molecule has 0 spiro atoms. The van der Waals surface area contributed by atoms with Crippen LogP contribution in [0.5, 0.6) is 0 Å². The number of benzene rings is 2. The van der Waals surface area contributed by atoms with Crippen molar-refractivity contribution >= 4 is 33.7 Å². The number of aromatic amines is 1. The standard InChI is InChI=1S/C21H18N4OS/c1-13-7-10-20(27-13)18-12-19(24-23-18)21(26)25-22-14(2)16-9-8-15-5-3-4-6-17(15)11-16/h3-12,22H,2H2,1H3,(H,23,24)(H,25,26). The Hall–Kier alpha value is -3.38. The third kappa shape index (κ3) is 3.61. The van der Waals surface area contributed by atoms with E-state index in [1.54, 1.807) is 17.4 Å². The number of rotatable bonds is 5. The average molecular weight is 374 g/mol. The first-order valence-electron chi connectivity index (χ1n) is 8.47. The number of carbonyl (C=O) groups is 1. The SMILES string of the molecule is C=C(NNC(=O)c1cc(-c2ccc(C)s2)[nH]n1)c1ccc2ccccc2c1. The molecule has 0 bridgehead atoms. The Labute approximate surface area is 160 Å². The van der Waals surface area contributed by atoms with Gasteiger partial charge in [0.25, 0.3) is 5.91 Å². The van der Waals surface area contributed by atoms with Gasteiger partial charge in [-0.2, -0.15) is 5.10 Å². The summed E-state index contributed by atoms with van der Waals surface area (Å²) in [5.74, 6) is -0.326. The monoisotopic (exact) mass is 374 g/mol. The predicted octanol–water partition coefficient (Wildman–Crippen LogP) is 4.51. The smallest absolute Gasteiger partial charge is 0.290 e. The highest BCUT2D eigenvalue weighted by molar-refractivity contribution is 7.15. The molecule has 4 aromatic rings. The van der Waals surface area contributed by atoms with Crippen molar-refractivity contribution in [2.75, 3.05) is 0 Å². The molecule has 2 aromatic heterocycles. The van der Waals surface area contributed by atoms with Crippen LogP contribution in [0.1, 0.15) is 20.9 Å². The fraction of sp³-hybridized carbons (Fsp3) is 0.0476. The Morgan fingerprint density at radius 3 is 2.63 bits per heavy atom. The van der Waals surface area contributed by atoms with E-state index in [1.807, 2.05) is 55.5 Å². The van der Waals surface area contributed by atoms with Crippen LogP contribution in [0.15, 0.2) is 67.2 Å². The minimum atomic E-state index is -0.326. The van der Waals surface area contributed by atoms with Crippen LogP contribution < -0.4 is 10.9 Å². The highest BCUT2D eigenvalue weighted by Gasteiger charge is 2.12. The quantitative estimate of drug-likeness (QED) is 0.450. The van der Waals surface area contributed by atoms with Gasteiger partial charge in [0.05, 0.1) is 16.3 Å². The van der Waals surface area contributed by atoms with Gasteiger partial charge in [-0.3, -0.25) is 20.7 Å². The predicted molar refractivity (Wildman–Crippen MR) is 110 cm³/mol. The van der Waals surface area contributed by atoms with Gasteiger partial charge < -0.3 is 0 Å². The van der Waals surface area contributed by atoms with Crippen molar-refractivity contribution in [3.05, 3.63) is 83.4 Å². The van der Waals surface area contributed by atoms with Crippen LogP contribution in [0, 0.1) is 6.92 Å². The molecule has 27 heavy (non-hydrogen) atoms. The largest absolute Gasteiger partial charge is 0.298 e. The molecule has 0 fully saturated rings. The van der Waals surface area contributed by atoms with Gasteiger partial charge in [-0.1, -0.05) is 43.0 Å². The van der Waals surface area contributed by atoms with E-state index in [0.717, 1.165) is 26.9 Å². The minimum Gasteiger partial charge on any atom is -0.298 e. The normalized spacial score (nSPS) is 10.7. The zero-order valence-electron chi connectivity index (χ0n) is 14.7. The summed E-state index contributed by atoms with van der Waals surface area (Å²) in [5, 5.41) is 9.27. The molecule has 0 atom stereocenters. The summed E-state index contributed by atoms with van der Waals surface area (Å²) in [6.07, 6.45) is 0. The topological polar surface area (TPSA) is 69.8 Å². The van der Waals surface area contributed by atoms with Gasteiger partial charge in [-0.15, -0.1) is 11.3 Å². The third-order valence-corrected chi connectivity index (χ3v) is 5.28. The van der Waals surface area contributed by atoms with Crippen molar-refractivity contribution in [3.63, 3.8) is 0 Å². The molecule has 0 unspecified atom stereocenters. The van der Waals surface area contributed by atoms with E-state index in [9.17, 15) is 4.79 Å². The first kappa shape index (κ1) is 17.1. The molecule has 1 amide bonds. The number of amides is 1. The van der Waals surface area contributed by atoms with Gasteiger partial charge in [0.1, 0.15) is 0 Å². The van der Waals surface area contributed by atoms with Crippen molar-refractivity contribution in [2.24, 2.45) is 0 Å². The number of carbonyl (C=O) groups excluding carboxylic acids is 1. The Kier molecular flexibility index (Phi) is 4.48. The van der Waals surface area contributed by atoms with Crippen molar-refractivity contribution < 1.29 is 4.79 Å². The fourth-order valence-electron chi connectivity index (χ4n) is 2.79. The highest BCUT2D eigenvalue weighted by atomic mass is 32.1. The van der Waals surface area contributed by atoms with Crippen LogP contribution in [0.2, 0.25) is 0 Å². The van der Waals surface area contributed by atoms with E-state index in [1.165, 1.54) is 4.88 Å². The Morgan fingerprint density at radius 2 is 1.85 bits per heavy atom. The Bertz CT molecular complexity index is 1140. The lowest BCUT2D eigenvalue weighted by molar-refractivity contribution is 0.0937. The maximum Gasteiger partial charge on any atom is 0.290 e. The number of aromatic nitrogens is 2. The number of nitrogens with one attached hydrogen (secondary N) is 3. The molecular formula is C21H18N4OS. The maximum atomic E-state index is 12.3. The molecule has 0 radical (unpaired) electrons. The van der Waals surface area contributed by atoms with Crippen LogP contribution >= 0.6 is 11.3 Å². The van der Waals surface area contributed by atoms with Crippen molar-refractivity contribution in [1.29, 1.82) is 0 Å². The Balaban J connectivity index is 1.42. The van der Waals surface area contributed by atoms with E-state index in [0.29, 0.717) is 11.4 Å². The van der Waals surface area contributed by atoms with Crippen LogP contribution in [0.4, 0.5) is 0 Å². The number of hydrogen-bond acceptors (Lipinski definition) is 4. The minimum absolute atomic E-state index is 0.315. The van der Waals surface area contributed by atoms with Crippen molar-refractivity contribution in [3.8, 4) is 10.6 Å². The Morgan fingerprint density at radius 1 is 1.04 bits per heavy atom.